The Balaban J connectivity index is 1.97. The normalized spacial score (nSPS) is 28.0. The van der Waals surface area contributed by atoms with Crippen molar-refractivity contribution in [2.24, 2.45) is 11.3 Å². The van der Waals surface area contributed by atoms with Gasteiger partial charge in [0.1, 0.15) is 0 Å². The second kappa shape index (κ2) is 6.62. The molecule has 2 rings (SSSR count). The van der Waals surface area contributed by atoms with Crippen LogP contribution in [0.2, 0.25) is 0 Å². The molecule has 1 aliphatic carbocycles. The van der Waals surface area contributed by atoms with Gasteiger partial charge in [0, 0.05) is 27.3 Å². The number of amides is 2. The third kappa shape index (κ3) is 3.13. The third-order valence-electron chi connectivity index (χ3n) is 4.65. The van der Waals surface area contributed by atoms with E-state index in [1.54, 1.807) is 19.1 Å². The number of methoxy groups -OCH3 is 2. The molecule has 1 heterocycles. The van der Waals surface area contributed by atoms with Crippen LogP contribution in [0.4, 0.5) is 4.79 Å². The highest BCUT2D eigenvalue weighted by atomic mass is 16.5. The smallest absolute Gasteiger partial charge is 0.317 e. The first kappa shape index (κ1) is 16.0. The van der Waals surface area contributed by atoms with E-state index in [0.717, 1.165) is 12.8 Å². The van der Waals surface area contributed by atoms with Gasteiger partial charge in [-0.15, -0.1) is 0 Å². The number of likely N-dealkylation sites (tertiary alicyclic amines) is 1. The van der Waals surface area contributed by atoms with Crippen molar-refractivity contribution < 1.29 is 24.2 Å². The average molecular weight is 300 g/mol. The molecule has 2 N–H and O–H groups in total. The summed E-state index contributed by atoms with van der Waals surface area (Å²) in [6.07, 6.45) is 2.48. The van der Waals surface area contributed by atoms with Crippen molar-refractivity contribution in [1.29, 1.82) is 0 Å². The lowest BCUT2D eigenvalue weighted by atomic mass is 9.81. The van der Waals surface area contributed by atoms with Crippen LogP contribution in [0.3, 0.4) is 0 Å². The Kier molecular flexibility index (Phi) is 5.05. The summed E-state index contributed by atoms with van der Waals surface area (Å²) >= 11 is 0. The Labute approximate surface area is 124 Å². The van der Waals surface area contributed by atoms with Gasteiger partial charge in [-0.2, -0.15) is 0 Å². The molecule has 2 atom stereocenters. The zero-order valence-corrected chi connectivity index (χ0v) is 12.6. The summed E-state index contributed by atoms with van der Waals surface area (Å²) in [4.78, 5) is 25.5. The molecule has 1 saturated heterocycles. The highest BCUT2D eigenvalue weighted by Crippen LogP contribution is 2.48. The fourth-order valence-electron chi connectivity index (χ4n) is 3.59. The van der Waals surface area contributed by atoms with Crippen LogP contribution in [0, 0.1) is 11.3 Å². The highest BCUT2D eigenvalue weighted by molar-refractivity contribution is 5.80. The van der Waals surface area contributed by atoms with Crippen LogP contribution >= 0.6 is 0 Å². The lowest BCUT2D eigenvalue weighted by Crippen LogP contribution is -2.48. The first-order valence-electron chi connectivity index (χ1n) is 7.30. The molecule has 1 saturated carbocycles. The first-order chi connectivity index (χ1) is 10.0. The van der Waals surface area contributed by atoms with Gasteiger partial charge in [0.2, 0.25) is 0 Å². The van der Waals surface area contributed by atoms with Gasteiger partial charge in [0.15, 0.2) is 0 Å². The number of carbonyl (C=O) groups is 2. The molecule has 7 heteroatoms. The summed E-state index contributed by atoms with van der Waals surface area (Å²) in [7, 11) is 3.13. The van der Waals surface area contributed by atoms with E-state index in [0.29, 0.717) is 32.7 Å². The molecule has 7 nitrogen and oxygen atoms in total. The van der Waals surface area contributed by atoms with Crippen molar-refractivity contribution in [3.63, 3.8) is 0 Å². The number of carboxylic acid groups (broad SMARTS) is 1. The molecular weight excluding hydrogens is 276 g/mol. The van der Waals surface area contributed by atoms with Gasteiger partial charge in [-0.05, 0) is 18.8 Å². The number of nitrogens with zero attached hydrogens (tertiary/aromatic N) is 1. The summed E-state index contributed by atoms with van der Waals surface area (Å²) < 4.78 is 10.1. The molecule has 1 aliphatic heterocycles. The van der Waals surface area contributed by atoms with Crippen molar-refractivity contribution in [3.05, 3.63) is 0 Å². The molecular formula is C14H24N2O5. The molecule has 120 valence electrons. The number of rotatable bonds is 6. The quantitative estimate of drug-likeness (QED) is 0.747. The van der Waals surface area contributed by atoms with Gasteiger partial charge >= 0.3 is 12.0 Å². The fraction of sp³-hybridized carbons (Fsp3) is 0.857. The van der Waals surface area contributed by atoms with Gasteiger partial charge in [-0.25, -0.2) is 4.79 Å². The van der Waals surface area contributed by atoms with Crippen molar-refractivity contribution in [2.75, 3.05) is 40.5 Å². The fourth-order valence-corrected chi connectivity index (χ4v) is 3.59. The van der Waals surface area contributed by atoms with Crippen LogP contribution in [0.15, 0.2) is 0 Å². The summed E-state index contributed by atoms with van der Waals surface area (Å²) in [6, 6.07) is -0.460. The number of hydrogen-bond donors (Lipinski definition) is 2. The van der Waals surface area contributed by atoms with Crippen LogP contribution in [0.1, 0.15) is 19.3 Å². The maximum absolute atomic E-state index is 12.3. The zero-order chi connectivity index (χ0) is 15.5. The van der Waals surface area contributed by atoms with Crippen molar-refractivity contribution in [1.82, 2.24) is 10.2 Å². The molecule has 0 radical (unpaired) electrons. The number of ether oxygens (including phenoxy) is 2. The predicted molar refractivity (Wildman–Crippen MR) is 75.1 cm³/mol. The van der Waals surface area contributed by atoms with E-state index >= 15 is 0 Å². The average Bonchev–Trinajstić information content (AvgIpc) is 2.96. The molecule has 0 aromatic rings. The van der Waals surface area contributed by atoms with E-state index < -0.39 is 11.4 Å². The van der Waals surface area contributed by atoms with Crippen molar-refractivity contribution in [3.8, 4) is 0 Å². The van der Waals surface area contributed by atoms with Gasteiger partial charge in [-0.1, -0.05) is 6.42 Å². The Bertz CT molecular complexity index is 397. The molecule has 0 aromatic heterocycles. The van der Waals surface area contributed by atoms with Crippen LogP contribution in [-0.4, -0.2) is 68.6 Å². The standard InChI is InChI=1S/C14H24N2O5/c1-20-7-11(8-21-2)15-13(19)16-6-10-4-3-5-14(10,9-16)12(17)18/h10-11H,3-9H2,1-2H3,(H,15,19)(H,17,18)/t10-,14+/m0/s1. The van der Waals surface area contributed by atoms with Gasteiger partial charge in [0.25, 0.3) is 0 Å². The highest BCUT2D eigenvalue weighted by Gasteiger charge is 2.55. The molecule has 0 spiro atoms. The van der Waals surface area contributed by atoms with Crippen molar-refractivity contribution >= 4 is 12.0 Å². The minimum Gasteiger partial charge on any atom is -0.481 e. The summed E-state index contributed by atoms with van der Waals surface area (Å²) in [6.45, 7) is 1.54. The molecule has 2 fully saturated rings. The topological polar surface area (TPSA) is 88.1 Å². The first-order valence-corrected chi connectivity index (χ1v) is 7.30. The minimum atomic E-state index is -0.773. The van der Waals surface area contributed by atoms with E-state index in [2.05, 4.69) is 5.32 Å². The summed E-state index contributed by atoms with van der Waals surface area (Å²) in [5.74, 6) is -0.699. The SMILES string of the molecule is COCC(COC)NC(=O)N1C[C@@H]2CCC[C@@]2(C(=O)O)C1. The monoisotopic (exact) mass is 300 g/mol. The number of hydrogen-bond acceptors (Lipinski definition) is 4. The number of nitrogens with one attached hydrogen (secondary N) is 1. The van der Waals surface area contributed by atoms with E-state index in [4.69, 9.17) is 9.47 Å². The number of carbonyl (C=O) groups excluding carboxylic acids is 1. The van der Waals surface area contributed by atoms with Crippen LogP contribution < -0.4 is 5.32 Å². The van der Waals surface area contributed by atoms with Crippen LogP contribution in [0.25, 0.3) is 0 Å². The number of fused-ring (bicyclic) bond motifs is 1. The Morgan fingerprint density at radius 1 is 1.38 bits per heavy atom. The van der Waals surface area contributed by atoms with Crippen LogP contribution in [0.5, 0.6) is 0 Å². The Morgan fingerprint density at radius 2 is 2.05 bits per heavy atom. The summed E-state index contributed by atoms with van der Waals surface area (Å²) in [5, 5.41) is 12.4. The maximum atomic E-state index is 12.3. The zero-order valence-electron chi connectivity index (χ0n) is 12.6. The van der Waals surface area contributed by atoms with Crippen molar-refractivity contribution in [2.45, 2.75) is 25.3 Å². The van der Waals surface area contributed by atoms with Gasteiger partial charge in [-0.3, -0.25) is 4.79 Å². The minimum absolute atomic E-state index is 0.0732. The Morgan fingerprint density at radius 3 is 2.57 bits per heavy atom. The number of aliphatic carboxylic acids is 1. The van der Waals surface area contributed by atoms with E-state index in [1.807, 2.05) is 0 Å². The second-order valence-corrected chi connectivity index (χ2v) is 5.99. The predicted octanol–water partition coefficient (Wildman–Crippen LogP) is 0.544. The van der Waals surface area contributed by atoms with Gasteiger partial charge in [0.05, 0.1) is 24.7 Å². The van der Waals surface area contributed by atoms with E-state index in [9.17, 15) is 14.7 Å². The summed E-state index contributed by atoms with van der Waals surface area (Å²) in [5.41, 5.74) is -0.741. The molecule has 0 aromatic carbocycles. The second-order valence-electron chi connectivity index (χ2n) is 5.99. The Hall–Kier alpha value is -1.34. The maximum Gasteiger partial charge on any atom is 0.317 e. The van der Waals surface area contributed by atoms with Gasteiger partial charge < -0.3 is 24.8 Å². The molecule has 2 aliphatic rings. The molecule has 2 amide bonds. The van der Waals surface area contributed by atoms with E-state index in [1.165, 1.54) is 0 Å². The number of carboxylic acids is 1. The molecule has 0 unspecified atom stereocenters. The largest absolute Gasteiger partial charge is 0.481 e. The third-order valence-corrected chi connectivity index (χ3v) is 4.65. The van der Waals surface area contributed by atoms with E-state index in [-0.39, 0.29) is 18.0 Å². The lowest BCUT2D eigenvalue weighted by Gasteiger charge is -2.25. The molecule has 0 bridgehead atoms. The van der Waals surface area contributed by atoms with Crippen LogP contribution in [-0.2, 0) is 14.3 Å². The number of urea groups is 1. The molecule has 21 heavy (non-hydrogen) atoms. The lowest BCUT2D eigenvalue weighted by molar-refractivity contribution is -0.149.